The molecule has 0 saturated carbocycles. The van der Waals surface area contributed by atoms with Crippen LogP contribution >= 0.6 is 12.6 Å². The summed E-state index contributed by atoms with van der Waals surface area (Å²) in [7, 11) is 0. The quantitative estimate of drug-likeness (QED) is 0.702. The third-order valence-corrected chi connectivity index (χ3v) is 3.39. The summed E-state index contributed by atoms with van der Waals surface area (Å²) in [6.45, 7) is 7.53. The molecule has 1 aromatic rings. The van der Waals surface area contributed by atoms with Crippen LogP contribution in [0, 0.1) is 5.92 Å². The molecule has 16 heavy (non-hydrogen) atoms. The fraction of sp³-hybridized carbons (Fsp3) is 0.692. The molecule has 1 aromatic heterocycles. The van der Waals surface area contributed by atoms with E-state index in [-0.39, 0.29) is 0 Å². The second-order valence-electron chi connectivity index (χ2n) is 4.24. The highest BCUT2D eigenvalue weighted by atomic mass is 32.1. The van der Waals surface area contributed by atoms with E-state index in [1.165, 1.54) is 12.8 Å². The fourth-order valence-electron chi connectivity index (χ4n) is 1.94. The van der Waals surface area contributed by atoms with Gasteiger partial charge in [0.05, 0.1) is 12.8 Å². The molecule has 1 rings (SSSR count). The van der Waals surface area contributed by atoms with Crippen molar-refractivity contribution in [2.45, 2.75) is 33.2 Å². The topological polar surface area (TPSA) is 16.4 Å². The Morgan fingerprint density at radius 2 is 2.25 bits per heavy atom. The van der Waals surface area contributed by atoms with Crippen molar-refractivity contribution in [1.82, 2.24) is 4.90 Å². The lowest BCUT2D eigenvalue weighted by molar-refractivity contribution is 0.220. The second kappa shape index (κ2) is 7.80. The number of hydrogen-bond acceptors (Lipinski definition) is 3. The van der Waals surface area contributed by atoms with E-state index in [0.29, 0.717) is 5.92 Å². The molecule has 0 bridgehead atoms. The maximum absolute atomic E-state index is 5.38. The Kier molecular flexibility index (Phi) is 6.65. The predicted octanol–water partition coefficient (Wildman–Crippen LogP) is 3.45. The average molecular weight is 241 g/mol. The number of nitrogens with zero attached hydrogens (tertiary/aromatic N) is 1. The van der Waals surface area contributed by atoms with Crippen molar-refractivity contribution in [1.29, 1.82) is 0 Å². The monoisotopic (exact) mass is 241 g/mol. The van der Waals surface area contributed by atoms with Gasteiger partial charge in [0.25, 0.3) is 0 Å². The molecule has 92 valence electrons. The van der Waals surface area contributed by atoms with Gasteiger partial charge < -0.3 is 4.42 Å². The van der Waals surface area contributed by atoms with Gasteiger partial charge in [-0.1, -0.05) is 20.3 Å². The van der Waals surface area contributed by atoms with Crippen LogP contribution in [0.25, 0.3) is 0 Å². The Hall–Kier alpha value is -0.410. The number of furan rings is 1. The Labute approximate surface area is 104 Å². The number of hydrogen-bond donors (Lipinski definition) is 1. The minimum absolute atomic E-state index is 0.697. The van der Waals surface area contributed by atoms with Crippen molar-refractivity contribution in [3.05, 3.63) is 24.2 Å². The van der Waals surface area contributed by atoms with E-state index >= 15 is 0 Å². The van der Waals surface area contributed by atoms with Gasteiger partial charge in [-0.2, -0.15) is 12.6 Å². The summed E-state index contributed by atoms with van der Waals surface area (Å²) in [6.07, 6.45) is 4.24. The Morgan fingerprint density at radius 3 is 2.75 bits per heavy atom. The van der Waals surface area contributed by atoms with Gasteiger partial charge in [0.15, 0.2) is 0 Å². The lowest BCUT2D eigenvalue weighted by Gasteiger charge is -2.24. The summed E-state index contributed by atoms with van der Waals surface area (Å²) < 4.78 is 5.38. The first-order valence-electron chi connectivity index (χ1n) is 6.15. The van der Waals surface area contributed by atoms with Gasteiger partial charge in [-0.25, -0.2) is 0 Å². The fourth-order valence-corrected chi connectivity index (χ4v) is 2.24. The van der Waals surface area contributed by atoms with Crippen LogP contribution in [0.2, 0.25) is 0 Å². The van der Waals surface area contributed by atoms with Crippen LogP contribution in [0.5, 0.6) is 0 Å². The standard InChI is InChI=1S/C13H23NOS/c1-3-6-12(11-16)9-14(4-2)10-13-7-5-8-15-13/h5,7-8,12,16H,3-4,6,9-11H2,1-2H3. The number of thiol groups is 1. The molecule has 1 heterocycles. The maximum Gasteiger partial charge on any atom is 0.117 e. The van der Waals surface area contributed by atoms with E-state index in [4.69, 9.17) is 4.42 Å². The van der Waals surface area contributed by atoms with Crippen LogP contribution < -0.4 is 0 Å². The van der Waals surface area contributed by atoms with Crippen LogP contribution in [-0.4, -0.2) is 23.7 Å². The third-order valence-electron chi connectivity index (χ3n) is 2.88. The van der Waals surface area contributed by atoms with Gasteiger partial charge in [-0.05, 0) is 36.8 Å². The highest BCUT2D eigenvalue weighted by Crippen LogP contribution is 2.13. The van der Waals surface area contributed by atoms with Crippen LogP contribution in [0.4, 0.5) is 0 Å². The van der Waals surface area contributed by atoms with Gasteiger partial charge in [-0.15, -0.1) is 0 Å². The SMILES string of the molecule is CCCC(CS)CN(CC)Cc1ccco1. The summed E-state index contributed by atoms with van der Waals surface area (Å²) in [5.74, 6) is 2.72. The first-order valence-corrected chi connectivity index (χ1v) is 6.79. The first kappa shape index (κ1) is 13.7. The smallest absolute Gasteiger partial charge is 0.117 e. The number of rotatable bonds is 8. The molecule has 0 fully saturated rings. The maximum atomic E-state index is 5.38. The Bertz CT molecular complexity index is 261. The van der Waals surface area contributed by atoms with Crippen LogP contribution in [0.15, 0.2) is 22.8 Å². The average Bonchev–Trinajstić information content (AvgIpc) is 2.80. The molecular formula is C13H23NOS. The van der Waals surface area contributed by atoms with Crippen molar-refractivity contribution in [2.24, 2.45) is 5.92 Å². The molecule has 0 aliphatic heterocycles. The summed E-state index contributed by atoms with van der Waals surface area (Å²) in [5, 5.41) is 0. The van der Waals surface area contributed by atoms with Crippen LogP contribution in [0.3, 0.4) is 0 Å². The van der Waals surface area contributed by atoms with Crippen LogP contribution in [-0.2, 0) is 6.54 Å². The normalized spacial score (nSPS) is 13.2. The molecular weight excluding hydrogens is 218 g/mol. The second-order valence-corrected chi connectivity index (χ2v) is 4.61. The Balaban J connectivity index is 2.41. The molecule has 0 spiro atoms. The molecule has 1 unspecified atom stereocenters. The van der Waals surface area contributed by atoms with Crippen molar-refractivity contribution in [3.63, 3.8) is 0 Å². The van der Waals surface area contributed by atoms with Crippen molar-refractivity contribution in [2.75, 3.05) is 18.8 Å². The highest BCUT2D eigenvalue weighted by molar-refractivity contribution is 7.80. The summed E-state index contributed by atoms with van der Waals surface area (Å²) in [4.78, 5) is 2.43. The van der Waals surface area contributed by atoms with E-state index in [1.807, 2.05) is 12.1 Å². The molecule has 3 heteroatoms. The van der Waals surface area contributed by atoms with Gasteiger partial charge in [0, 0.05) is 6.54 Å². The Morgan fingerprint density at radius 1 is 1.44 bits per heavy atom. The minimum atomic E-state index is 0.697. The zero-order chi connectivity index (χ0) is 11.8. The first-order chi connectivity index (χ1) is 7.80. The van der Waals surface area contributed by atoms with Gasteiger partial charge in [0.2, 0.25) is 0 Å². The lowest BCUT2D eigenvalue weighted by Crippen LogP contribution is -2.29. The van der Waals surface area contributed by atoms with E-state index in [9.17, 15) is 0 Å². The highest BCUT2D eigenvalue weighted by Gasteiger charge is 2.12. The molecule has 0 aliphatic carbocycles. The molecule has 0 radical (unpaired) electrons. The molecule has 0 saturated heterocycles. The minimum Gasteiger partial charge on any atom is -0.468 e. The summed E-state index contributed by atoms with van der Waals surface area (Å²) >= 11 is 4.43. The van der Waals surface area contributed by atoms with E-state index in [1.54, 1.807) is 6.26 Å². The molecule has 2 nitrogen and oxygen atoms in total. The zero-order valence-electron chi connectivity index (χ0n) is 10.4. The van der Waals surface area contributed by atoms with Crippen molar-refractivity contribution < 1.29 is 4.42 Å². The molecule has 1 atom stereocenters. The summed E-state index contributed by atoms with van der Waals surface area (Å²) in [6, 6.07) is 3.99. The van der Waals surface area contributed by atoms with Crippen molar-refractivity contribution in [3.8, 4) is 0 Å². The van der Waals surface area contributed by atoms with Gasteiger partial charge >= 0.3 is 0 Å². The molecule has 0 aliphatic rings. The largest absolute Gasteiger partial charge is 0.468 e. The third kappa shape index (κ3) is 4.62. The van der Waals surface area contributed by atoms with Crippen molar-refractivity contribution >= 4 is 12.6 Å². The van der Waals surface area contributed by atoms with E-state index in [0.717, 1.165) is 31.1 Å². The zero-order valence-corrected chi connectivity index (χ0v) is 11.2. The molecule has 0 amide bonds. The summed E-state index contributed by atoms with van der Waals surface area (Å²) in [5.41, 5.74) is 0. The van der Waals surface area contributed by atoms with Gasteiger partial charge in [0.1, 0.15) is 5.76 Å². The van der Waals surface area contributed by atoms with E-state index in [2.05, 4.69) is 31.4 Å². The predicted molar refractivity (Wildman–Crippen MR) is 71.9 cm³/mol. The molecule has 0 aromatic carbocycles. The van der Waals surface area contributed by atoms with Gasteiger partial charge in [-0.3, -0.25) is 4.90 Å². The molecule has 0 N–H and O–H groups in total. The van der Waals surface area contributed by atoms with E-state index < -0.39 is 0 Å². The lowest BCUT2D eigenvalue weighted by atomic mass is 10.1. The van der Waals surface area contributed by atoms with Crippen LogP contribution in [0.1, 0.15) is 32.4 Å².